The number of hydrogen-bond donors (Lipinski definition) is 0. The number of hydrogen-bond acceptors (Lipinski definition) is 2. The van der Waals surface area contributed by atoms with Gasteiger partial charge < -0.3 is 0 Å². The minimum atomic E-state index is 0.138. The molecule has 0 atom stereocenters. The van der Waals surface area contributed by atoms with Gasteiger partial charge >= 0.3 is 0 Å². The molecule has 1 rings (SSSR count). The van der Waals surface area contributed by atoms with Gasteiger partial charge in [-0.25, -0.2) is 0 Å². The first kappa shape index (κ1) is 10.0. The highest BCUT2D eigenvalue weighted by atomic mass is 35.5. The Morgan fingerprint density at radius 3 is 2.85 bits per heavy atom. The summed E-state index contributed by atoms with van der Waals surface area (Å²) in [4.78, 5) is 3.84. The van der Waals surface area contributed by atoms with Crippen molar-refractivity contribution < 1.29 is 0 Å². The first-order valence-corrected chi connectivity index (χ1v) is 4.31. The van der Waals surface area contributed by atoms with Gasteiger partial charge in [-0.05, 0) is 12.1 Å². The van der Waals surface area contributed by atoms with Crippen LogP contribution in [-0.2, 0) is 0 Å². The van der Waals surface area contributed by atoms with Gasteiger partial charge in [0.15, 0.2) is 0 Å². The minimum Gasteiger partial charge on any atom is -0.277 e. The topological polar surface area (TPSA) is 36.1 Å². The average Bonchev–Trinajstić information content (AvgIpc) is 2.09. The molecule has 0 N–H and O–H groups in total. The van der Waals surface area contributed by atoms with E-state index in [2.05, 4.69) is 4.99 Å². The molecule has 0 bridgehead atoms. The summed E-state index contributed by atoms with van der Waals surface area (Å²) in [6.45, 7) is 0.138. The Morgan fingerprint density at radius 2 is 2.23 bits per heavy atom. The van der Waals surface area contributed by atoms with Crippen molar-refractivity contribution in [3.63, 3.8) is 0 Å². The minimum absolute atomic E-state index is 0.138. The summed E-state index contributed by atoms with van der Waals surface area (Å²) >= 11 is 11.5. The first-order valence-electron chi connectivity index (χ1n) is 3.56. The molecule has 1 aromatic carbocycles. The van der Waals surface area contributed by atoms with E-state index < -0.39 is 0 Å². The van der Waals surface area contributed by atoms with Crippen LogP contribution >= 0.6 is 23.2 Å². The van der Waals surface area contributed by atoms with E-state index in [4.69, 9.17) is 28.5 Å². The Bertz CT molecular complexity index is 366. The van der Waals surface area contributed by atoms with Gasteiger partial charge in [-0.15, -0.1) is 0 Å². The quantitative estimate of drug-likeness (QED) is 0.549. The number of benzene rings is 1. The smallest absolute Gasteiger partial charge is 0.126 e. The second-order valence-electron chi connectivity index (χ2n) is 2.29. The summed E-state index contributed by atoms with van der Waals surface area (Å²) in [6.07, 6.45) is 1.56. The SMILES string of the molecule is N#CCN=Cc1ccc(Cl)cc1Cl. The standard InChI is InChI=1S/C9H6Cl2N2/c10-8-2-1-7(9(11)5-8)6-13-4-3-12/h1-2,5-6H,4H2. The molecule has 0 aliphatic heterocycles. The Balaban J connectivity index is 2.85. The number of nitriles is 1. The largest absolute Gasteiger partial charge is 0.277 e. The van der Waals surface area contributed by atoms with Crippen molar-refractivity contribution in [3.05, 3.63) is 33.8 Å². The fourth-order valence-corrected chi connectivity index (χ4v) is 1.25. The van der Waals surface area contributed by atoms with E-state index in [-0.39, 0.29) is 6.54 Å². The number of rotatable bonds is 2. The Morgan fingerprint density at radius 1 is 1.46 bits per heavy atom. The molecule has 13 heavy (non-hydrogen) atoms. The molecular weight excluding hydrogens is 207 g/mol. The van der Waals surface area contributed by atoms with Crippen molar-refractivity contribution in [2.75, 3.05) is 6.54 Å². The lowest BCUT2D eigenvalue weighted by molar-refractivity contribution is 1.25. The third-order valence-corrected chi connectivity index (χ3v) is 1.92. The molecule has 1 aromatic rings. The van der Waals surface area contributed by atoms with Gasteiger partial charge in [0.25, 0.3) is 0 Å². The summed E-state index contributed by atoms with van der Waals surface area (Å²) in [7, 11) is 0. The van der Waals surface area contributed by atoms with Crippen molar-refractivity contribution >= 4 is 29.4 Å². The summed E-state index contributed by atoms with van der Waals surface area (Å²) < 4.78 is 0. The fraction of sp³-hybridized carbons (Fsp3) is 0.111. The molecule has 0 heterocycles. The van der Waals surface area contributed by atoms with E-state index in [0.717, 1.165) is 5.56 Å². The van der Waals surface area contributed by atoms with Crippen LogP contribution in [-0.4, -0.2) is 12.8 Å². The van der Waals surface area contributed by atoms with E-state index in [0.29, 0.717) is 10.0 Å². The van der Waals surface area contributed by atoms with E-state index in [1.807, 2.05) is 6.07 Å². The molecule has 4 heteroatoms. The van der Waals surface area contributed by atoms with Crippen LogP contribution in [0.4, 0.5) is 0 Å². The molecule has 2 nitrogen and oxygen atoms in total. The lowest BCUT2D eigenvalue weighted by Crippen LogP contribution is -1.84. The Labute approximate surface area is 86.4 Å². The maximum Gasteiger partial charge on any atom is 0.126 e. The molecular formula is C9H6Cl2N2. The molecule has 66 valence electrons. The van der Waals surface area contributed by atoms with Crippen molar-refractivity contribution in [1.82, 2.24) is 0 Å². The average molecular weight is 213 g/mol. The first-order chi connectivity index (χ1) is 6.24. The van der Waals surface area contributed by atoms with Gasteiger partial charge in [0.2, 0.25) is 0 Å². The maximum absolute atomic E-state index is 8.24. The molecule has 0 aliphatic rings. The summed E-state index contributed by atoms with van der Waals surface area (Å²) in [5.41, 5.74) is 0.765. The Kier molecular flexibility index (Phi) is 3.75. The lowest BCUT2D eigenvalue weighted by atomic mass is 10.2. The van der Waals surface area contributed by atoms with E-state index in [9.17, 15) is 0 Å². The van der Waals surface area contributed by atoms with Crippen LogP contribution in [0.2, 0.25) is 10.0 Å². The lowest BCUT2D eigenvalue weighted by Gasteiger charge is -1.96. The molecule has 0 amide bonds. The summed E-state index contributed by atoms with van der Waals surface area (Å²) in [5.74, 6) is 0. The zero-order valence-electron chi connectivity index (χ0n) is 6.67. The van der Waals surface area contributed by atoms with E-state index in [1.54, 1.807) is 24.4 Å². The molecule has 0 aliphatic carbocycles. The van der Waals surface area contributed by atoms with Gasteiger partial charge in [0.05, 0.1) is 11.1 Å². The van der Waals surface area contributed by atoms with Crippen LogP contribution in [0.3, 0.4) is 0 Å². The normalized spacial score (nSPS) is 10.2. The van der Waals surface area contributed by atoms with Gasteiger partial charge in [-0.3, -0.25) is 4.99 Å². The molecule has 0 saturated heterocycles. The molecule has 0 fully saturated rings. The van der Waals surface area contributed by atoms with Crippen LogP contribution in [0.1, 0.15) is 5.56 Å². The summed E-state index contributed by atoms with van der Waals surface area (Å²) in [6, 6.07) is 7.02. The van der Waals surface area contributed by atoms with Crippen molar-refractivity contribution in [2.45, 2.75) is 0 Å². The van der Waals surface area contributed by atoms with Crippen molar-refractivity contribution in [3.8, 4) is 6.07 Å². The predicted octanol–water partition coefficient (Wildman–Crippen LogP) is 2.94. The fourth-order valence-electron chi connectivity index (χ4n) is 0.791. The van der Waals surface area contributed by atoms with Gasteiger partial charge in [0, 0.05) is 16.8 Å². The highest BCUT2D eigenvalue weighted by Crippen LogP contribution is 2.19. The molecule has 0 aromatic heterocycles. The second kappa shape index (κ2) is 4.86. The highest BCUT2D eigenvalue weighted by molar-refractivity contribution is 6.36. The van der Waals surface area contributed by atoms with Crippen LogP contribution in [0.5, 0.6) is 0 Å². The molecule has 0 spiro atoms. The third-order valence-electron chi connectivity index (χ3n) is 1.35. The van der Waals surface area contributed by atoms with E-state index in [1.165, 1.54) is 0 Å². The third kappa shape index (κ3) is 3.06. The zero-order valence-corrected chi connectivity index (χ0v) is 8.18. The van der Waals surface area contributed by atoms with Gasteiger partial charge in [-0.1, -0.05) is 29.3 Å². The number of halogens is 2. The second-order valence-corrected chi connectivity index (χ2v) is 3.14. The summed E-state index contributed by atoms with van der Waals surface area (Å²) in [5, 5.41) is 9.36. The van der Waals surface area contributed by atoms with Crippen LogP contribution in [0.15, 0.2) is 23.2 Å². The van der Waals surface area contributed by atoms with E-state index >= 15 is 0 Å². The zero-order chi connectivity index (χ0) is 9.68. The molecule has 0 unspecified atom stereocenters. The maximum atomic E-state index is 8.24. The van der Waals surface area contributed by atoms with Crippen molar-refractivity contribution in [1.29, 1.82) is 5.26 Å². The number of nitrogens with zero attached hydrogens (tertiary/aromatic N) is 2. The van der Waals surface area contributed by atoms with Crippen LogP contribution in [0, 0.1) is 11.3 Å². The Hall–Kier alpha value is -1.04. The van der Waals surface area contributed by atoms with Gasteiger partial charge in [0.1, 0.15) is 6.54 Å². The highest BCUT2D eigenvalue weighted by Gasteiger charge is 1.96. The van der Waals surface area contributed by atoms with Crippen molar-refractivity contribution in [2.24, 2.45) is 4.99 Å². The predicted molar refractivity (Wildman–Crippen MR) is 54.5 cm³/mol. The molecule has 0 radical (unpaired) electrons. The number of aliphatic imine (C=N–C) groups is 1. The molecule has 0 saturated carbocycles. The van der Waals surface area contributed by atoms with Crippen LogP contribution < -0.4 is 0 Å². The monoisotopic (exact) mass is 212 g/mol. The van der Waals surface area contributed by atoms with Crippen LogP contribution in [0.25, 0.3) is 0 Å². The van der Waals surface area contributed by atoms with Gasteiger partial charge in [-0.2, -0.15) is 5.26 Å².